The lowest BCUT2D eigenvalue weighted by molar-refractivity contribution is 0.615. The fourth-order valence-electron chi connectivity index (χ4n) is 5.46. The molecule has 0 fully saturated rings. The van der Waals surface area contributed by atoms with Crippen molar-refractivity contribution in [1.29, 1.82) is 0 Å². The number of unbranched alkanes of at least 4 members (excludes halogenated alkanes) is 15. The van der Waals surface area contributed by atoms with Gasteiger partial charge in [-0.1, -0.05) is 129 Å². The largest absolute Gasteiger partial charge is 0.0985 e. The van der Waals surface area contributed by atoms with Crippen molar-refractivity contribution < 1.29 is 0 Å². The maximum atomic E-state index is 4.03. The first-order chi connectivity index (χ1) is 16.7. The Bertz CT molecular complexity index is 549. The fraction of sp³-hybridized carbons (Fsp3) is 0.758. The predicted molar refractivity (Wildman–Crippen MR) is 162 cm³/mol. The SMILES string of the molecule is C=Cc1cccc(C[P+](CCCCCCCC)(CCCCCCCC)CCCCCCCC)c1. The van der Waals surface area contributed by atoms with E-state index in [4.69, 9.17) is 0 Å². The first-order valence-electron chi connectivity index (χ1n) is 15.3. The Balaban J connectivity index is 2.83. The molecule has 0 saturated heterocycles. The lowest BCUT2D eigenvalue weighted by Gasteiger charge is -2.29. The minimum atomic E-state index is -0.949. The summed E-state index contributed by atoms with van der Waals surface area (Å²) in [5, 5.41) is 0. The number of benzene rings is 1. The lowest BCUT2D eigenvalue weighted by atomic mass is 10.1. The van der Waals surface area contributed by atoms with Gasteiger partial charge in [0.25, 0.3) is 0 Å². The standard InChI is InChI=1S/C33H60P/c1-5-9-12-15-18-21-27-34(28-22-19-16-13-10-6-2,29-23-20-17-14-11-7-3)31-33-26-24-25-32(8-4)30-33/h8,24-26,30H,4-7,9-23,27-29,31H2,1-3H3/q+1. The van der Waals surface area contributed by atoms with Crippen LogP contribution in [0.1, 0.15) is 147 Å². The lowest BCUT2D eigenvalue weighted by Crippen LogP contribution is -2.12. The van der Waals surface area contributed by atoms with Gasteiger partial charge in [0.1, 0.15) is 0 Å². The van der Waals surface area contributed by atoms with Gasteiger partial charge in [0.2, 0.25) is 0 Å². The molecule has 0 aliphatic carbocycles. The van der Waals surface area contributed by atoms with Crippen molar-refractivity contribution in [2.45, 2.75) is 143 Å². The van der Waals surface area contributed by atoms with E-state index in [1.807, 2.05) is 6.08 Å². The normalized spacial score (nSPS) is 11.7. The van der Waals surface area contributed by atoms with Crippen LogP contribution in [0.15, 0.2) is 30.8 Å². The van der Waals surface area contributed by atoms with E-state index in [9.17, 15) is 0 Å². The molecule has 0 nitrogen and oxygen atoms in total. The van der Waals surface area contributed by atoms with Crippen LogP contribution in [0.2, 0.25) is 0 Å². The third kappa shape index (κ3) is 15.4. The second-order valence-electron chi connectivity index (χ2n) is 10.9. The molecule has 0 unspecified atom stereocenters. The number of hydrogen-bond donors (Lipinski definition) is 0. The zero-order valence-corrected chi connectivity index (χ0v) is 24.5. The molecule has 0 radical (unpaired) electrons. The van der Waals surface area contributed by atoms with Crippen LogP contribution in [0, 0.1) is 0 Å². The van der Waals surface area contributed by atoms with Gasteiger partial charge in [-0.15, -0.1) is 0 Å². The van der Waals surface area contributed by atoms with E-state index in [1.54, 1.807) is 24.0 Å². The third-order valence-electron chi connectivity index (χ3n) is 7.66. The molecule has 1 aromatic rings. The molecule has 1 rings (SSSR count). The van der Waals surface area contributed by atoms with Gasteiger partial charge < -0.3 is 0 Å². The molecule has 0 aromatic heterocycles. The van der Waals surface area contributed by atoms with E-state index in [2.05, 4.69) is 51.6 Å². The van der Waals surface area contributed by atoms with E-state index in [0.29, 0.717) is 0 Å². The quantitative estimate of drug-likeness (QED) is 0.100. The van der Waals surface area contributed by atoms with Gasteiger partial charge in [0.15, 0.2) is 0 Å². The number of hydrogen-bond acceptors (Lipinski definition) is 0. The molecule has 0 spiro atoms. The summed E-state index contributed by atoms with van der Waals surface area (Å²) in [7, 11) is -0.949. The van der Waals surface area contributed by atoms with Gasteiger partial charge in [0.05, 0.1) is 24.6 Å². The van der Waals surface area contributed by atoms with E-state index >= 15 is 0 Å². The second-order valence-corrected chi connectivity index (χ2v) is 15.3. The van der Waals surface area contributed by atoms with Crippen LogP contribution in [0.3, 0.4) is 0 Å². The first kappa shape index (κ1) is 31.4. The van der Waals surface area contributed by atoms with E-state index in [0.717, 1.165) is 0 Å². The average Bonchev–Trinajstić information content (AvgIpc) is 2.85. The van der Waals surface area contributed by atoms with Crippen LogP contribution in [0.25, 0.3) is 6.08 Å². The van der Waals surface area contributed by atoms with Gasteiger partial charge in [-0.05, 0) is 55.7 Å². The fourth-order valence-corrected chi connectivity index (χ4v) is 10.3. The molecule has 1 heteroatoms. The van der Waals surface area contributed by atoms with Crippen molar-refractivity contribution in [2.24, 2.45) is 0 Å². The summed E-state index contributed by atoms with van der Waals surface area (Å²) in [5.41, 5.74) is 2.89. The topological polar surface area (TPSA) is 0 Å². The zero-order chi connectivity index (χ0) is 24.7. The van der Waals surface area contributed by atoms with Crippen molar-refractivity contribution in [3.8, 4) is 0 Å². The first-order valence-corrected chi connectivity index (χ1v) is 17.8. The summed E-state index contributed by atoms with van der Waals surface area (Å²) < 4.78 is 0. The Morgan fingerprint density at radius 1 is 0.588 bits per heavy atom. The molecular weight excluding hydrogens is 427 g/mol. The van der Waals surface area contributed by atoms with Crippen molar-refractivity contribution in [1.82, 2.24) is 0 Å². The summed E-state index contributed by atoms with van der Waals surface area (Å²) >= 11 is 0. The van der Waals surface area contributed by atoms with Crippen LogP contribution >= 0.6 is 7.26 Å². The Kier molecular flexibility index (Phi) is 20.0. The molecule has 34 heavy (non-hydrogen) atoms. The van der Waals surface area contributed by atoms with E-state index in [1.165, 1.54) is 127 Å². The van der Waals surface area contributed by atoms with Crippen LogP contribution < -0.4 is 0 Å². The van der Waals surface area contributed by atoms with Gasteiger partial charge in [-0.25, -0.2) is 0 Å². The molecule has 0 heterocycles. The van der Waals surface area contributed by atoms with E-state index < -0.39 is 7.26 Å². The van der Waals surface area contributed by atoms with Crippen LogP contribution in [-0.2, 0) is 6.16 Å². The van der Waals surface area contributed by atoms with Gasteiger partial charge in [0, 0.05) is 7.26 Å². The van der Waals surface area contributed by atoms with Crippen molar-refractivity contribution in [3.05, 3.63) is 42.0 Å². The maximum Gasteiger partial charge on any atom is 0.0843 e. The Labute approximate surface area is 216 Å². The summed E-state index contributed by atoms with van der Waals surface area (Å²) in [6, 6.07) is 9.32. The average molecular weight is 488 g/mol. The smallest absolute Gasteiger partial charge is 0.0843 e. The zero-order valence-electron chi connectivity index (χ0n) is 23.6. The monoisotopic (exact) mass is 487 g/mol. The van der Waals surface area contributed by atoms with Crippen molar-refractivity contribution in [2.75, 3.05) is 18.5 Å². The molecular formula is C33H60P+. The van der Waals surface area contributed by atoms with Gasteiger partial charge in [-0.2, -0.15) is 0 Å². The minimum absolute atomic E-state index is 0.949. The van der Waals surface area contributed by atoms with Gasteiger partial charge in [-0.3, -0.25) is 0 Å². The van der Waals surface area contributed by atoms with Crippen molar-refractivity contribution in [3.63, 3.8) is 0 Å². The molecule has 196 valence electrons. The molecule has 0 saturated carbocycles. The maximum absolute atomic E-state index is 4.03. The summed E-state index contributed by atoms with van der Waals surface area (Å²) in [6.07, 6.45) is 33.9. The minimum Gasteiger partial charge on any atom is -0.0985 e. The van der Waals surface area contributed by atoms with Crippen molar-refractivity contribution >= 4 is 13.3 Å². The molecule has 0 N–H and O–H groups in total. The Morgan fingerprint density at radius 2 is 1.00 bits per heavy atom. The highest BCUT2D eigenvalue weighted by Gasteiger charge is 2.36. The van der Waals surface area contributed by atoms with Crippen LogP contribution in [0.5, 0.6) is 0 Å². The van der Waals surface area contributed by atoms with Crippen LogP contribution in [-0.4, -0.2) is 18.5 Å². The highest BCUT2D eigenvalue weighted by Crippen LogP contribution is 2.63. The van der Waals surface area contributed by atoms with Crippen LogP contribution in [0.4, 0.5) is 0 Å². The predicted octanol–water partition coefficient (Wildman–Crippen LogP) is 11.9. The molecule has 0 aliphatic heterocycles. The molecule has 0 amide bonds. The molecule has 0 atom stereocenters. The molecule has 1 aromatic carbocycles. The highest BCUT2D eigenvalue weighted by atomic mass is 31.2. The molecule has 0 bridgehead atoms. The van der Waals surface area contributed by atoms with Gasteiger partial charge >= 0.3 is 0 Å². The second kappa shape index (κ2) is 21.7. The Hall–Kier alpha value is -0.610. The van der Waals surface area contributed by atoms with E-state index in [-0.39, 0.29) is 0 Å². The highest BCUT2D eigenvalue weighted by molar-refractivity contribution is 7.75. The summed E-state index contributed by atoms with van der Waals surface area (Å²) in [6.45, 7) is 11.0. The summed E-state index contributed by atoms with van der Waals surface area (Å²) in [4.78, 5) is 0. The Morgan fingerprint density at radius 3 is 1.41 bits per heavy atom. The summed E-state index contributed by atoms with van der Waals surface area (Å²) in [5.74, 6) is 0. The molecule has 0 aliphatic rings. The number of rotatable bonds is 24. The third-order valence-corrected chi connectivity index (χ3v) is 12.5.